The first-order valence-electron chi connectivity index (χ1n) is 7.86. The summed E-state index contributed by atoms with van der Waals surface area (Å²) in [6.45, 7) is 7.32. The van der Waals surface area contributed by atoms with E-state index in [4.69, 9.17) is 0 Å². The number of aliphatic imine (C=N–C) groups is 1. The normalized spacial score (nSPS) is 20.5. The fourth-order valence-corrected chi connectivity index (χ4v) is 2.34. The van der Waals surface area contributed by atoms with Crippen LogP contribution in [-0.4, -0.2) is 37.5 Å². The summed E-state index contributed by atoms with van der Waals surface area (Å²) in [6.07, 6.45) is 1.25. The smallest absolute Gasteiger partial charge is 0.191 e. The van der Waals surface area contributed by atoms with E-state index in [2.05, 4.69) is 65.7 Å². The average molecular weight is 416 g/mol. The Balaban J connectivity index is 0.00000242. The minimum absolute atomic E-state index is 0. The van der Waals surface area contributed by atoms with Crippen LogP contribution in [0.5, 0.6) is 0 Å². The summed E-state index contributed by atoms with van der Waals surface area (Å²) in [7, 11) is 3.97. The Kier molecular flexibility index (Phi) is 8.17. The van der Waals surface area contributed by atoms with Gasteiger partial charge < -0.3 is 15.5 Å². The van der Waals surface area contributed by atoms with Gasteiger partial charge in [-0.15, -0.1) is 24.0 Å². The van der Waals surface area contributed by atoms with Gasteiger partial charge in [-0.05, 0) is 37.1 Å². The molecule has 5 heteroatoms. The molecular formula is C17H29IN4. The Labute approximate surface area is 151 Å². The van der Waals surface area contributed by atoms with E-state index in [0.717, 1.165) is 31.5 Å². The number of hydrogen-bond acceptors (Lipinski definition) is 2. The van der Waals surface area contributed by atoms with E-state index >= 15 is 0 Å². The number of nitrogens with one attached hydrogen (secondary N) is 2. The zero-order chi connectivity index (χ0) is 15.2. The molecule has 0 aliphatic heterocycles. The van der Waals surface area contributed by atoms with Crippen molar-refractivity contribution in [2.75, 3.05) is 20.6 Å². The first-order chi connectivity index (χ1) is 10.1. The molecule has 2 N–H and O–H groups in total. The second kappa shape index (κ2) is 9.35. The molecule has 0 saturated heterocycles. The van der Waals surface area contributed by atoms with Crippen LogP contribution < -0.4 is 10.6 Å². The molecule has 2 rings (SSSR count). The largest absolute Gasteiger partial charge is 0.353 e. The molecule has 0 spiro atoms. The molecule has 0 aromatic heterocycles. The average Bonchev–Trinajstić information content (AvgIpc) is 3.19. The van der Waals surface area contributed by atoms with Crippen LogP contribution in [0.1, 0.15) is 31.4 Å². The van der Waals surface area contributed by atoms with Crippen LogP contribution in [0.2, 0.25) is 0 Å². The summed E-state index contributed by atoms with van der Waals surface area (Å²) in [5, 5.41) is 6.84. The maximum absolute atomic E-state index is 4.29. The van der Waals surface area contributed by atoms with Crippen molar-refractivity contribution < 1.29 is 0 Å². The lowest BCUT2D eigenvalue weighted by Gasteiger charge is -2.15. The molecule has 0 radical (unpaired) electrons. The van der Waals surface area contributed by atoms with E-state index in [0.29, 0.717) is 6.04 Å². The predicted octanol–water partition coefficient (Wildman–Crippen LogP) is 2.83. The van der Waals surface area contributed by atoms with Crippen molar-refractivity contribution in [1.82, 2.24) is 15.5 Å². The maximum atomic E-state index is 4.29. The summed E-state index contributed by atoms with van der Waals surface area (Å²) >= 11 is 0. The first-order valence-corrected chi connectivity index (χ1v) is 7.86. The van der Waals surface area contributed by atoms with Crippen LogP contribution in [0.4, 0.5) is 0 Å². The van der Waals surface area contributed by atoms with E-state index in [1.165, 1.54) is 17.5 Å². The van der Waals surface area contributed by atoms with E-state index in [1.54, 1.807) is 0 Å². The van der Waals surface area contributed by atoms with Crippen LogP contribution >= 0.6 is 24.0 Å². The third-order valence-corrected chi connectivity index (χ3v) is 4.10. The predicted molar refractivity (Wildman–Crippen MR) is 105 cm³/mol. The van der Waals surface area contributed by atoms with Gasteiger partial charge in [0.25, 0.3) is 0 Å². The van der Waals surface area contributed by atoms with Gasteiger partial charge in [0.1, 0.15) is 0 Å². The van der Waals surface area contributed by atoms with Gasteiger partial charge in [0.05, 0.1) is 0 Å². The van der Waals surface area contributed by atoms with Gasteiger partial charge in [-0.3, -0.25) is 4.99 Å². The maximum Gasteiger partial charge on any atom is 0.191 e. The van der Waals surface area contributed by atoms with Crippen molar-refractivity contribution in [1.29, 1.82) is 0 Å². The van der Waals surface area contributed by atoms with Crippen molar-refractivity contribution in [2.24, 2.45) is 10.9 Å². The van der Waals surface area contributed by atoms with Gasteiger partial charge in [0.15, 0.2) is 5.96 Å². The standard InChI is InChI=1S/C17H28N4.HI/c1-5-21(4)12-15-8-6-7-14(10-15)11-19-17(18-3)20-16-9-13(16)2;/h6-8,10,13,16H,5,9,11-12H2,1-4H3,(H2,18,19,20);1H. The Hall–Kier alpha value is -0.820. The lowest BCUT2D eigenvalue weighted by molar-refractivity contribution is 0.345. The Morgan fingerprint density at radius 2 is 2.05 bits per heavy atom. The zero-order valence-corrected chi connectivity index (χ0v) is 16.4. The third-order valence-electron chi connectivity index (χ3n) is 4.10. The monoisotopic (exact) mass is 416 g/mol. The molecule has 2 atom stereocenters. The topological polar surface area (TPSA) is 39.7 Å². The van der Waals surface area contributed by atoms with E-state index in [9.17, 15) is 0 Å². The van der Waals surface area contributed by atoms with Crippen LogP contribution in [-0.2, 0) is 13.1 Å². The first kappa shape index (κ1) is 19.2. The zero-order valence-electron chi connectivity index (χ0n) is 14.1. The molecule has 4 nitrogen and oxygen atoms in total. The second-order valence-electron chi connectivity index (χ2n) is 6.04. The fourth-order valence-electron chi connectivity index (χ4n) is 2.34. The van der Waals surface area contributed by atoms with Gasteiger partial charge in [-0.25, -0.2) is 0 Å². The number of rotatable bonds is 6. The van der Waals surface area contributed by atoms with E-state index in [1.807, 2.05) is 7.05 Å². The number of hydrogen-bond donors (Lipinski definition) is 2. The van der Waals surface area contributed by atoms with E-state index in [-0.39, 0.29) is 24.0 Å². The molecule has 22 heavy (non-hydrogen) atoms. The van der Waals surface area contributed by atoms with Crippen LogP contribution in [0, 0.1) is 5.92 Å². The van der Waals surface area contributed by atoms with Crippen molar-refractivity contribution >= 4 is 29.9 Å². The molecule has 0 bridgehead atoms. The van der Waals surface area contributed by atoms with E-state index < -0.39 is 0 Å². The van der Waals surface area contributed by atoms with Gasteiger partial charge >= 0.3 is 0 Å². The van der Waals surface area contributed by atoms with Crippen molar-refractivity contribution in [3.05, 3.63) is 35.4 Å². The lowest BCUT2D eigenvalue weighted by Crippen LogP contribution is -2.38. The number of guanidine groups is 1. The molecule has 1 aromatic carbocycles. The van der Waals surface area contributed by atoms with Crippen molar-refractivity contribution in [3.63, 3.8) is 0 Å². The summed E-state index contributed by atoms with van der Waals surface area (Å²) in [4.78, 5) is 6.60. The summed E-state index contributed by atoms with van der Waals surface area (Å²) < 4.78 is 0. The molecular weight excluding hydrogens is 387 g/mol. The van der Waals surface area contributed by atoms with Gasteiger partial charge in [0, 0.05) is 26.2 Å². The summed E-state index contributed by atoms with van der Waals surface area (Å²) in [5.41, 5.74) is 2.65. The van der Waals surface area contributed by atoms with Crippen LogP contribution in [0.15, 0.2) is 29.3 Å². The number of benzene rings is 1. The van der Waals surface area contributed by atoms with Gasteiger partial charge in [0.2, 0.25) is 0 Å². The number of nitrogens with zero attached hydrogens (tertiary/aromatic N) is 2. The summed E-state index contributed by atoms with van der Waals surface area (Å²) in [5.74, 6) is 1.68. The molecule has 0 amide bonds. The minimum atomic E-state index is 0. The quantitative estimate of drug-likeness (QED) is 0.426. The SMILES string of the molecule is CCN(C)Cc1cccc(CNC(=NC)NC2CC2C)c1.I. The molecule has 1 aliphatic rings. The lowest BCUT2D eigenvalue weighted by atomic mass is 10.1. The summed E-state index contributed by atoms with van der Waals surface area (Å²) in [6, 6.07) is 9.35. The number of halogens is 1. The molecule has 0 heterocycles. The van der Waals surface area contributed by atoms with Crippen molar-refractivity contribution in [2.45, 2.75) is 39.4 Å². The fraction of sp³-hybridized carbons (Fsp3) is 0.588. The minimum Gasteiger partial charge on any atom is -0.353 e. The second-order valence-corrected chi connectivity index (χ2v) is 6.04. The van der Waals surface area contributed by atoms with Crippen LogP contribution in [0.25, 0.3) is 0 Å². The van der Waals surface area contributed by atoms with Crippen LogP contribution in [0.3, 0.4) is 0 Å². The highest BCUT2D eigenvalue weighted by molar-refractivity contribution is 14.0. The highest BCUT2D eigenvalue weighted by Crippen LogP contribution is 2.28. The highest BCUT2D eigenvalue weighted by atomic mass is 127. The van der Waals surface area contributed by atoms with Gasteiger partial charge in [-0.1, -0.05) is 38.1 Å². The molecule has 1 aliphatic carbocycles. The Morgan fingerprint density at radius 3 is 2.64 bits per heavy atom. The van der Waals surface area contributed by atoms with Crippen molar-refractivity contribution in [3.8, 4) is 0 Å². The van der Waals surface area contributed by atoms with Gasteiger partial charge in [-0.2, -0.15) is 0 Å². The molecule has 124 valence electrons. The Bertz CT molecular complexity index is 489. The third kappa shape index (κ3) is 6.12. The molecule has 1 fully saturated rings. The Morgan fingerprint density at radius 1 is 1.36 bits per heavy atom. The molecule has 2 unspecified atom stereocenters. The highest BCUT2D eigenvalue weighted by Gasteiger charge is 2.33. The molecule has 1 aromatic rings. The molecule has 1 saturated carbocycles.